The highest BCUT2D eigenvalue weighted by atomic mass is 35.5. The minimum Gasteiger partial charge on any atom is -0.352 e. The van der Waals surface area contributed by atoms with Crippen molar-refractivity contribution >= 4 is 35.4 Å². The zero-order chi connectivity index (χ0) is 12.8. The monoisotopic (exact) mass is 302 g/mol. The molecular weight excluding hydrogens is 284 g/mol. The molecule has 1 aromatic rings. The second-order valence-corrected chi connectivity index (χ2v) is 5.46. The van der Waals surface area contributed by atoms with Crippen LogP contribution in [-0.2, 0) is 4.79 Å². The van der Waals surface area contributed by atoms with Crippen molar-refractivity contribution in [1.29, 1.82) is 0 Å². The molecule has 106 valence electrons. The van der Waals surface area contributed by atoms with Crippen LogP contribution in [0.25, 0.3) is 0 Å². The van der Waals surface area contributed by atoms with E-state index in [-0.39, 0.29) is 36.6 Å². The standard InChI is InChI=1S/C13H18N2O2S.ClH/c16-11(12-4-2-8-18-12)5-6-13(17)15-10-3-1-7-14-9-10;/h2,4,8,10,14H,1,3,5-7,9H2,(H,15,17);1H/t10-;/m0./s1. The number of carbonyl (C=O) groups excluding carboxylic acids is 2. The van der Waals surface area contributed by atoms with Gasteiger partial charge in [-0.3, -0.25) is 9.59 Å². The molecule has 1 aliphatic heterocycles. The van der Waals surface area contributed by atoms with Gasteiger partial charge >= 0.3 is 0 Å². The van der Waals surface area contributed by atoms with E-state index in [4.69, 9.17) is 0 Å². The third kappa shape index (κ3) is 5.30. The fourth-order valence-electron chi connectivity index (χ4n) is 2.06. The number of halogens is 1. The first-order valence-corrected chi connectivity index (χ1v) is 7.20. The molecule has 2 heterocycles. The molecule has 1 amide bonds. The lowest BCUT2D eigenvalue weighted by Gasteiger charge is -2.23. The van der Waals surface area contributed by atoms with Gasteiger partial charge in [-0.25, -0.2) is 0 Å². The van der Waals surface area contributed by atoms with Gasteiger partial charge in [-0.1, -0.05) is 6.07 Å². The molecule has 6 heteroatoms. The summed E-state index contributed by atoms with van der Waals surface area (Å²) < 4.78 is 0. The van der Waals surface area contributed by atoms with Gasteiger partial charge in [0.25, 0.3) is 0 Å². The van der Waals surface area contributed by atoms with Crippen molar-refractivity contribution in [2.24, 2.45) is 0 Å². The average molecular weight is 303 g/mol. The van der Waals surface area contributed by atoms with E-state index < -0.39 is 0 Å². The maximum atomic E-state index is 11.7. The molecule has 1 fully saturated rings. The Labute approximate surface area is 123 Å². The van der Waals surface area contributed by atoms with Gasteiger partial charge in [0.2, 0.25) is 5.91 Å². The number of ketones is 1. The highest BCUT2D eigenvalue weighted by Crippen LogP contribution is 2.12. The van der Waals surface area contributed by atoms with Crippen LogP contribution >= 0.6 is 23.7 Å². The lowest BCUT2D eigenvalue weighted by Crippen LogP contribution is -2.45. The van der Waals surface area contributed by atoms with Crippen LogP contribution in [0.4, 0.5) is 0 Å². The first-order valence-electron chi connectivity index (χ1n) is 6.32. The number of piperidine rings is 1. The second-order valence-electron chi connectivity index (χ2n) is 4.51. The Bertz CT molecular complexity index is 403. The maximum Gasteiger partial charge on any atom is 0.220 e. The second kappa shape index (κ2) is 8.30. The van der Waals surface area contributed by atoms with Crippen molar-refractivity contribution in [2.45, 2.75) is 31.7 Å². The summed E-state index contributed by atoms with van der Waals surface area (Å²) in [4.78, 5) is 24.2. The van der Waals surface area contributed by atoms with Crippen LogP contribution in [0, 0.1) is 0 Å². The molecule has 4 nitrogen and oxygen atoms in total. The fraction of sp³-hybridized carbons (Fsp3) is 0.538. The molecule has 1 saturated heterocycles. The van der Waals surface area contributed by atoms with Crippen LogP contribution in [-0.4, -0.2) is 30.8 Å². The van der Waals surface area contributed by atoms with Gasteiger partial charge in [-0.15, -0.1) is 23.7 Å². The number of hydrogen-bond acceptors (Lipinski definition) is 4. The van der Waals surface area contributed by atoms with Crippen LogP contribution in [0.1, 0.15) is 35.4 Å². The minimum absolute atomic E-state index is 0. The third-order valence-electron chi connectivity index (χ3n) is 3.04. The van der Waals surface area contributed by atoms with Gasteiger partial charge in [0, 0.05) is 25.4 Å². The van der Waals surface area contributed by atoms with Crippen molar-refractivity contribution in [3.05, 3.63) is 22.4 Å². The van der Waals surface area contributed by atoms with E-state index in [2.05, 4.69) is 10.6 Å². The highest BCUT2D eigenvalue weighted by Gasteiger charge is 2.16. The molecule has 0 saturated carbocycles. The molecule has 1 aromatic heterocycles. The smallest absolute Gasteiger partial charge is 0.220 e. The molecule has 19 heavy (non-hydrogen) atoms. The summed E-state index contributed by atoms with van der Waals surface area (Å²) in [6, 6.07) is 3.88. The molecule has 2 N–H and O–H groups in total. The van der Waals surface area contributed by atoms with Crippen molar-refractivity contribution in [3.8, 4) is 0 Å². The van der Waals surface area contributed by atoms with Gasteiger partial charge < -0.3 is 10.6 Å². The SMILES string of the molecule is Cl.O=C(CCC(=O)c1cccs1)N[C@H]1CCCNC1. The molecule has 0 aliphatic carbocycles. The topological polar surface area (TPSA) is 58.2 Å². The molecule has 1 atom stereocenters. The van der Waals surface area contributed by atoms with Gasteiger partial charge in [0.1, 0.15) is 0 Å². The number of rotatable bonds is 5. The summed E-state index contributed by atoms with van der Waals surface area (Å²) in [5.74, 6) is 0.0375. The van der Waals surface area contributed by atoms with E-state index in [1.54, 1.807) is 6.07 Å². The lowest BCUT2D eigenvalue weighted by atomic mass is 10.1. The average Bonchev–Trinajstić information content (AvgIpc) is 2.91. The fourth-order valence-corrected chi connectivity index (χ4v) is 2.76. The summed E-state index contributed by atoms with van der Waals surface area (Å²) in [6.07, 6.45) is 2.70. The quantitative estimate of drug-likeness (QED) is 0.818. The molecule has 0 unspecified atom stereocenters. The number of hydrogen-bond donors (Lipinski definition) is 2. The number of Topliss-reactive ketones (excluding diaryl/α,β-unsaturated/α-hetero) is 1. The van der Waals surface area contributed by atoms with Gasteiger partial charge in [0.05, 0.1) is 4.88 Å². The van der Waals surface area contributed by atoms with Gasteiger partial charge in [0.15, 0.2) is 5.78 Å². The van der Waals surface area contributed by atoms with E-state index in [0.29, 0.717) is 6.42 Å². The molecular formula is C13H19ClN2O2S. The summed E-state index contributed by atoms with van der Waals surface area (Å²) in [6.45, 7) is 1.87. The molecule has 0 spiro atoms. The Morgan fingerprint density at radius 3 is 2.89 bits per heavy atom. The molecule has 1 aliphatic rings. The third-order valence-corrected chi connectivity index (χ3v) is 3.95. The van der Waals surface area contributed by atoms with E-state index >= 15 is 0 Å². The predicted octanol–water partition coefficient (Wildman–Crippen LogP) is 2.00. The van der Waals surface area contributed by atoms with Gasteiger partial charge in [-0.05, 0) is 30.8 Å². The largest absolute Gasteiger partial charge is 0.352 e. The van der Waals surface area contributed by atoms with E-state index in [1.807, 2.05) is 11.4 Å². The van der Waals surface area contributed by atoms with Crippen molar-refractivity contribution in [3.63, 3.8) is 0 Å². The zero-order valence-corrected chi connectivity index (χ0v) is 12.3. The van der Waals surface area contributed by atoms with Crippen LogP contribution in [0.15, 0.2) is 17.5 Å². The number of amides is 1. The molecule has 0 bridgehead atoms. The first-order chi connectivity index (χ1) is 8.75. The Kier molecular flexibility index (Phi) is 7.05. The first kappa shape index (κ1) is 16.1. The summed E-state index contributed by atoms with van der Waals surface area (Å²) in [7, 11) is 0. The summed E-state index contributed by atoms with van der Waals surface area (Å²) >= 11 is 1.43. The molecule has 0 aromatic carbocycles. The minimum atomic E-state index is -0.0198. The number of nitrogens with one attached hydrogen (secondary N) is 2. The van der Waals surface area contributed by atoms with E-state index in [1.165, 1.54) is 11.3 Å². The molecule has 0 radical (unpaired) electrons. The highest BCUT2D eigenvalue weighted by molar-refractivity contribution is 7.12. The van der Waals surface area contributed by atoms with Crippen LogP contribution < -0.4 is 10.6 Å². The predicted molar refractivity (Wildman–Crippen MR) is 79.2 cm³/mol. The van der Waals surface area contributed by atoms with E-state index in [0.717, 1.165) is 30.8 Å². The Morgan fingerprint density at radius 2 is 2.26 bits per heavy atom. The Balaban J connectivity index is 0.00000180. The van der Waals surface area contributed by atoms with E-state index in [9.17, 15) is 9.59 Å². The van der Waals surface area contributed by atoms with Crippen molar-refractivity contribution in [1.82, 2.24) is 10.6 Å². The number of thiophene rings is 1. The molecule has 2 rings (SSSR count). The van der Waals surface area contributed by atoms with Crippen molar-refractivity contribution in [2.75, 3.05) is 13.1 Å². The van der Waals surface area contributed by atoms with Crippen LogP contribution in [0.5, 0.6) is 0 Å². The van der Waals surface area contributed by atoms with Gasteiger partial charge in [-0.2, -0.15) is 0 Å². The Hall–Kier alpha value is -0.910. The lowest BCUT2D eigenvalue weighted by molar-refractivity contribution is -0.121. The number of carbonyl (C=O) groups is 2. The Morgan fingerprint density at radius 1 is 1.42 bits per heavy atom. The summed E-state index contributed by atoms with van der Waals surface area (Å²) in [5, 5.41) is 8.09. The summed E-state index contributed by atoms with van der Waals surface area (Å²) in [5.41, 5.74) is 0. The van der Waals surface area contributed by atoms with Crippen LogP contribution in [0.3, 0.4) is 0 Å². The van der Waals surface area contributed by atoms with Crippen molar-refractivity contribution < 1.29 is 9.59 Å². The maximum absolute atomic E-state index is 11.7. The zero-order valence-electron chi connectivity index (χ0n) is 10.7. The van der Waals surface area contributed by atoms with Crippen LogP contribution in [0.2, 0.25) is 0 Å². The normalized spacial score (nSPS) is 18.4.